The van der Waals surface area contributed by atoms with Crippen LogP contribution in [-0.2, 0) is 0 Å². The average molecular weight is 234 g/mol. The van der Waals surface area contributed by atoms with E-state index in [0.29, 0.717) is 0 Å². The number of aliphatic hydroxyl groups excluding tert-OH is 2. The normalized spacial score (nSPS) is 14.1. The first kappa shape index (κ1) is 11.8. The number of aliphatic hydroxyl groups is 2. The van der Waals surface area contributed by atoms with Crippen molar-refractivity contribution in [1.82, 2.24) is 10.3 Å². The number of amidine groups is 1. The number of nitrogens with two attached hydrogens (primary N) is 1. The third kappa shape index (κ3) is 3.08. The van der Waals surface area contributed by atoms with Crippen molar-refractivity contribution in [3.8, 4) is 0 Å². The molecule has 0 saturated carbocycles. The Morgan fingerprint density at radius 3 is 2.93 bits per heavy atom. The molecule has 5 N–H and O–H groups in total. The molecule has 0 aliphatic rings. The molecule has 84 valence electrons. The van der Waals surface area contributed by atoms with E-state index < -0.39 is 6.10 Å². The first-order valence-electron chi connectivity index (χ1n) is 3.91. The van der Waals surface area contributed by atoms with Gasteiger partial charge in [-0.2, -0.15) is 0 Å². The fourth-order valence-electron chi connectivity index (χ4n) is 0.707. The Morgan fingerprint density at radius 2 is 2.33 bits per heavy atom. The van der Waals surface area contributed by atoms with Crippen LogP contribution >= 0.6 is 11.8 Å². The largest absolute Gasteiger partial charge is 0.409 e. The Bertz CT molecular complexity index is 342. The Hall–Kier alpha value is -1.32. The standard InChI is InChI=1S/C6H10N4O4S/c7-5(8-13)4-6(10-14-9-4)15-2-3(12)1-11/h3,11-13H,1-2H2,(H2,7,8)/t3-/m1/s1. The molecule has 15 heavy (non-hydrogen) atoms. The summed E-state index contributed by atoms with van der Waals surface area (Å²) in [6, 6.07) is 0. The average Bonchev–Trinajstić information content (AvgIpc) is 2.72. The van der Waals surface area contributed by atoms with E-state index in [0.717, 1.165) is 11.8 Å². The minimum atomic E-state index is -0.869. The highest BCUT2D eigenvalue weighted by molar-refractivity contribution is 7.99. The lowest BCUT2D eigenvalue weighted by molar-refractivity contribution is 0.113. The second-order valence-corrected chi connectivity index (χ2v) is 3.56. The summed E-state index contributed by atoms with van der Waals surface area (Å²) in [6.45, 7) is -0.350. The van der Waals surface area contributed by atoms with Crippen molar-refractivity contribution in [3.05, 3.63) is 5.69 Å². The first-order chi connectivity index (χ1) is 7.19. The predicted octanol–water partition coefficient (Wildman–Crippen LogP) is -1.39. The molecule has 0 aliphatic heterocycles. The number of nitrogens with zero attached hydrogens (tertiary/aromatic N) is 3. The summed E-state index contributed by atoms with van der Waals surface area (Å²) >= 11 is 1.08. The molecule has 8 nitrogen and oxygen atoms in total. The Morgan fingerprint density at radius 1 is 1.60 bits per heavy atom. The zero-order chi connectivity index (χ0) is 11.3. The Kier molecular flexibility index (Phi) is 4.34. The maximum atomic E-state index is 9.08. The summed E-state index contributed by atoms with van der Waals surface area (Å²) in [5.41, 5.74) is 5.39. The van der Waals surface area contributed by atoms with Crippen molar-refractivity contribution in [3.63, 3.8) is 0 Å². The monoisotopic (exact) mass is 234 g/mol. The van der Waals surface area contributed by atoms with E-state index in [-0.39, 0.29) is 28.9 Å². The molecule has 0 bridgehead atoms. The zero-order valence-electron chi connectivity index (χ0n) is 7.57. The number of aromatic nitrogens is 2. The van der Waals surface area contributed by atoms with Crippen LogP contribution in [0, 0.1) is 0 Å². The van der Waals surface area contributed by atoms with Crippen molar-refractivity contribution in [2.24, 2.45) is 10.9 Å². The van der Waals surface area contributed by atoms with Crippen LogP contribution in [0.15, 0.2) is 14.8 Å². The fraction of sp³-hybridized carbons (Fsp3) is 0.500. The zero-order valence-corrected chi connectivity index (χ0v) is 8.39. The van der Waals surface area contributed by atoms with E-state index in [4.69, 9.17) is 21.2 Å². The van der Waals surface area contributed by atoms with Crippen LogP contribution < -0.4 is 5.73 Å². The summed E-state index contributed by atoms with van der Waals surface area (Å²) in [5.74, 6) is -0.0200. The fourth-order valence-corrected chi connectivity index (χ4v) is 1.53. The summed E-state index contributed by atoms with van der Waals surface area (Å²) < 4.78 is 4.40. The Labute approximate surface area is 88.7 Å². The van der Waals surface area contributed by atoms with Gasteiger partial charge in [-0.1, -0.05) is 16.9 Å². The molecular formula is C6H10N4O4S. The van der Waals surface area contributed by atoms with Gasteiger partial charge in [0.25, 0.3) is 0 Å². The van der Waals surface area contributed by atoms with Gasteiger partial charge in [0.15, 0.2) is 16.6 Å². The van der Waals surface area contributed by atoms with Gasteiger partial charge < -0.3 is 21.2 Å². The number of thioether (sulfide) groups is 1. The van der Waals surface area contributed by atoms with Crippen LogP contribution in [0.25, 0.3) is 0 Å². The molecular weight excluding hydrogens is 224 g/mol. The molecule has 1 aromatic rings. The quantitative estimate of drug-likeness (QED) is 0.160. The minimum absolute atomic E-state index is 0.104. The third-order valence-electron chi connectivity index (χ3n) is 1.43. The van der Waals surface area contributed by atoms with Crippen LogP contribution in [0.5, 0.6) is 0 Å². The van der Waals surface area contributed by atoms with Crippen LogP contribution in [0.3, 0.4) is 0 Å². The van der Waals surface area contributed by atoms with Gasteiger partial charge >= 0.3 is 0 Å². The van der Waals surface area contributed by atoms with Gasteiger partial charge in [0.1, 0.15) is 0 Å². The lowest BCUT2D eigenvalue weighted by Crippen LogP contribution is -2.17. The highest BCUT2D eigenvalue weighted by Gasteiger charge is 2.16. The van der Waals surface area contributed by atoms with Crippen LogP contribution in [0.2, 0.25) is 0 Å². The number of hydrogen-bond donors (Lipinski definition) is 4. The number of hydrogen-bond acceptors (Lipinski definition) is 8. The van der Waals surface area contributed by atoms with E-state index in [2.05, 4.69) is 20.1 Å². The van der Waals surface area contributed by atoms with Crippen molar-refractivity contribution >= 4 is 17.6 Å². The smallest absolute Gasteiger partial charge is 0.195 e. The SMILES string of the molecule is NC(=NO)c1nonc1SC[C@H](O)CO. The van der Waals surface area contributed by atoms with Crippen LogP contribution in [0.1, 0.15) is 5.69 Å². The maximum absolute atomic E-state index is 9.08. The first-order valence-corrected chi connectivity index (χ1v) is 4.89. The third-order valence-corrected chi connectivity index (χ3v) is 2.52. The summed E-state index contributed by atoms with van der Waals surface area (Å²) in [6.07, 6.45) is -0.869. The molecule has 0 spiro atoms. The van der Waals surface area contributed by atoms with Gasteiger partial charge in [-0.15, -0.1) is 0 Å². The number of oxime groups is 1. The van der Waals surface area contributed by atoms with Gasteiger partial charge in [0.2, 0.25) is 0 Å². The predicted molar refractivity (Wildman–Crippen MR) is 50.6 cm³/mol. The molecule has 1 heterocycles. The molecule has 9 heteroatoms. The van der Waals surface area contributed by atoms with Gasteiger partial charge in [-0.05, 0) is 10.3 Å². The molecule has 1 aromatic heterocycles. The van der Waals surface area contributed by atoms with Crippen molar-refractivity contribution < 1.29 is 20.0 Å². The molecule has 0 unspecified atom stereocenters. The van der Waals surface area contributed by atoms with Crippen LogP contribution in [-0.4, -0.2) is 50.0 Å². The minimum Gasteiger partial charge on any atom is -0.409 e. The maximum Gasteiger partial charge on any atom is 0.195 e. The molecule has 1 rings (SSSR count). The van der Waals surface area contributed by atoms with E-state index in [1.807, 2.05) is 0 Å². The second kappa shape index (κ2) is 5.53. The van der Waals surface area contributed by atoms with Gasteiger partial charge in [0, 0.05) is 5.75 Å². The van der Waals surface area contributed by atoms with Crippen molar-refractivity contribution in [1.29, 1.82) is 0 Å². The summed E-state index contributed by atoms with van der Waals surface area (Å²) in [5, 5.41) is 36.0. The van der Waals surface area contributed by atoms with E-state index in [1.165, 1.54) is 0 Å². The van der Waals surface area contributed by atoms with Gasteiger partial charge in [0.05, 0.1) is 12.7 Å². The molecule has 0 amide bonds. The molecule has 0 aromatic carbocycles. The highest BCUT2D eigenvalue weighted by atomic mass is 32.2. The van der Waals surface area contributed by atoms with Crippen molar-refractivity contribution in [2.75, 3.05) is 12.4 Å². The highest BCUT2D eigenvalue weighted by Crippen LogP contribution is 2.19. The van der Waals surface area contributed by atoms with Gasteiger partial charge in [-0.3, -0.25) is 0 Å². The Balaban J connectivity index is 2.65. The second-order valence-electron chi connectivity index (χ2n) is 2.55. The van der Waals surface area contributed by atoms with E-state index in [1.54, 1.807) is 0 Å². The lowest BCUT2D eigenvalue weighted by atomic mass is 10.4. The molecule has 0 radical (unpaired) electrons. The van der Waals surface area contributed by atoms with E-state index in [9.17, 15) is 0 Å². The van der Waals surface area contributed by atoms with E-state index >= 15 is 0 Å². The number of rotatable bonds is 5. The van der Waals surface area contributed by atoms with Crippen molar-refractivity contribution in [2.45, 2.75) is 11.1 Å². The molecule has 0 saturated heterocycles. The summed E-state index contributed by atoms with van der Waals surface area (Å²) in [7, 11) is 0. The summed E-state index contributed by atoms with van der Waals surface area (Å²) in [4.78, 5) is 0. The molecule has 0 fully saturated rings. The lowest BCUT2D eigenvalue weighted by Gasteiger charge is -2.03. The molecule has 1 atom stereocenters. The topological polar surface area (TPSA) is 138 Å². The van der Waals surface area contributed by atoms with Gasteiger partial charge in [-0.25, -0.2) is 4.63 Å². The molecule has 0 aliphatic carbocycles. The van der Waals surface area contributed by atoms with Crippen LogP contribution in [0.4, 0.5) is 0 Å².